The Kier molecular flexibility index (Phi) is 3.30. The first kappa shape index (κ1) is 15.8. The standard InChI is InChI=1S/C24H20N2O2/c1-2-6-16(7-3-1)14-25-23-24(18-8-4-5-9-20(18)26-23)15-28-22-13-21-17(10-11-27-21)12-19(22)24/h1-9,12-13H,10-11,14-15H2,(H,25,26). The molecule has 0 amide bonds. The average Bonchev–Trinajstić information content (AvgIpc) is 3.43. The monoisotopic (exact) mass is 368 g/mol. The molecule has 3 aliphatic heterocycles. The lowest BCUT2D eigenvalue weighted by Crippen LogP contribution is -2.44. The molecule has 0 aromatic heterocycles. The van der Waals surface area contributed by atoms with Gasteiger partial charge in [-0.25, -0.2) is 4.99 Å². The van der Waals surface area contributed by atoms with Crippen molar-refractivity contribution >= 4 is 11.5 Å². The highest BCUT2D eigenvalue weighted by Gasteiger charge is 2.51. The molecule has 3 heterocycles. The van der Waals surface area contributed by atoms with E-state index in [1.165, 1.54) is 22.3 Å². The molecule has 4 nitrogen and oxygen atoms in total. The zero-order chi connectivity index (χ0) is 18.6. The van der Waals surface area contributed by atoms with Crippen LogP contribution in [-0.2, 0) is 18.4 Å². The van der Waals surface area contributed by atoms with Gasteiger partial charge in [-0.2, -0.15) is 0 Å². The van der Waals surface area contributed by atoms with Crippen LogP contribution in [-0.4, -0.2) is 19.0 Å². The Morgan fingerprint density at radius 3 is 2.68 bits per heavy atom. The SMILES string of the molecule is c1ccc(CNC2=Nc3ccccc3C23COc2cc4c(cc23)CCO4)cc1. The summed E-state index contributed by atoms with van der Waals surface area (Å²) >= 11 is 0. The molecule has 1 atom stereocenters. The third-order valence-corrected chi connectivity index (χ3v) is 6.00. The van der Waals surface area contributed by atoms with Crippen LogP contribution in [0.2, 0.25) is 0 Å². The number of aliphatic imine (C=N–C) groups is 1. The number of para-hydroxylation sites is 1. The van der Waals surface area contributed by atoms with Crippen molar-refractivity contribution in [3.8, 4) is 11.5 Å². The Labute approximate surface area is 163 Å². The first-order valence-electron chi connectivity index (χ1n) is 9.74. The summed E-state index contributed by atoms with van der Waals surface area (Å²) in [5.41, 5.74) is 5.54. The smallest absolute Gasteiger partial charge is 0.127 e. The van der Waals surface area contributed by atoms with Gasteiger partial charge >= 0.3 is 0 Å². The van der Waals surface area contributed by atoms with Gasteiger partial charge in [0.1, 0.15) is 29.4 Å². The summed E-state index contributed by atoms with van der Waals surface area (Å²) in [6.07, 6.45) is 0.949. The van der Waals surface area contributed by atoms with E-state index in [0.717, 1.165) is 42.6 Å². The van der Waals surface area contributed by atoms with Crippen molar-refractivity contribution in [3.63, 3.8) is 0 Å². The summed E-state index contributed by atoms with van der Waals surface area (Å²) in [4.78, 5) is 4.99. The largest absolute Gasteiger partial charge is 0.493 e. The van der Waals surface area contributed by atoms with Crippen molar-refractivity contribution in [2.24, 2.45) is 4.99 Å². The maximum atomic E-state index is 6.20. The molecule has 3 aromatic rings. The van der Waals surface area contributed by atoms with Crippen molar-refractivity contribution < 1.29 is 9.47 Å². The molecule has 4 heteroatoms. The Balaban J connectivity index is 1.46. The molecule has 1 N–H and O–H groups in total. The maximum Gasteiger partial charge on any atom is 0.127 e. The number of nitrogens with zero attached hydrogens (tertiary/aromatic N) is 1. The van der Waals surface area contributed by atoms with Crippen LogP contribution in [0.5, 0.6) is 11.5 Å². The predicted molar refractivity (Wildman–Crippen MR) is 109 cm³/mol. The molecule has 6 rings (SSSR count). The van der Waals surface area contributed by atoms with E-state index in [9.17, 15) is 0 Å². The van der Waals surface area contributed by atoms with Gasteiger partial charge in [-0.05, 0) is 28.8 Å². The highest BCUT2D eigenvalue weighted by atomic mass is 16.5. The first-order chi connectivity index (χ1) is 13.8. The van der Waals surface area contributed by atoms with Gasteiger partial charge in [0.25, 0.3) is 0 Å². The van der Waals surface area contributed by atoms with Gasteiger partial charge in [0.15, 0.2) is 0 Å². The average molecular weight is 368 g/mol. The van der Waals surface area contributed by atoms with Gasteiger partial charge in [-0.3, -0.25) is 0 Å². The number of benzene rings is 3. The first-order valence-corrected chi connectivity index (χ1v) is 9.74. The number of hydrogen-bond acceptors (Lipinski definition) is 4. The van der Waals surface area contributed by atoms with E-state index in [-0.39, 0.29) is 5.41 Å². The molecule has 0 fully saturated rings. The third kappa shape index (κ3) is 2.15. The van der Waals surface area contributed by atoms with Crippen LogP contribution in [0.4, 0.5) is 5.69 Å². The predicted octanol–water partition coefficient (Wildman–Crippen LogP) is 4.13. The van der Waals surface area contributed by atoms with Crippen LogP contribution in [0.15, 0.2) is 71.7 Å². The zero-order valence-corrected chi connectivity index (χ0v) is 15.4. The number of hydrogen-bond donors (Lipinski definition) is 1. The van der Waals surface area contributed by atoms with Crippen molar-refractivity contribution in [2.75, 3.05) is 13.2 Å². The van der Waals surface area contributed by atoms with Crippen LogP contribution in [0.3, 0.4) is 0 Å². The minimum Gasteiger partial charge on any atom is -0.493 e. The lowest BCUT2D eigenvalue weighted by molar-refractivity contribution is 0.320. The number of fused-ring (bicyclic) bond motifs is 5. The third-order valence-electron chi connectivity index (χ3n) is 6.00. The second-order valence-corrected chi connectivity index (χ2v) is 7.57. The van der Waals surface area contributed by atoms with E-state index >= 15 is 0 Å². The molecule has 3 aliphatic rings. The molecule has 138 valence electrons. The van der Waals surface area contributed by atoms with Crippen LogP contribution in [0, 0.1) is 0 Å². The summed E-state index contributed by atoms with van der Waals surface area (Å²) < 4.78 is 12.0. The number of rotatable bonds is 2. The van der Waals surface area contributed by atoms with E-state index in [1.54, 1.807) is 0 Å². The van der Waals surface area contributed by atoms with Crippen LogP contribution in [0.1, 0.15) is 22.3 Å². The fraction of sp³-hybridized carbons (Fsp3) is 0.208. The Bertz CT molecular complexity index is 1110. The minimum absolute atomic E-state index is 0.377. The van der Waals surface area contributed by atoms with Crippen molar-refractivity contribution in [2.45, 2.75) is 18.4 Å². The molecule has 0 aliphatic carbocycles. The highest BCUT2D eigenvalue weighted by Crippen LogP contribution is 2.52. The lowest BCUT2D eigenvalue weighted by Gasteiger charge is -2.27. The summed E-state index contributed by atoms with van der Waals surface area (Å²) in [5.74, 6) is 2.83. The molecule has 1 unspecified atom stereocenters. The zero-order valence-electron chi connectivity index (χ0n) is 15.4. The fourth-order valence-corrected chi connectivity index (χ4v) is 4.59. The van der Waals surface area contributed by atoms with E-state index in [0.29, 0.717) is 6.61 Å². The summed E-state index contributed by atoms with van der Waals surface area (Å²) in [6, 6.07) is 23.2. The number of amidine groups is 1. The lowest BCUT2D eigenvalue weighted by atomic mass is 9.75. The normalized spacial score (nSPS) is 20.8. The molecular weight excluding hydrogens is 348 g/mol. The molecule has 0 radical (unpaired) electrons. The van der Waals surface area contributed by atoms with Gasteiger partial charge in [0.05, 0.1) is 12.3 Å². The Hall–Kier alpha value is -3.27. The van der Waals surface area contributed by atoms with Gasteiger partial charge < -0.3 is 14.8 Å². The Morgan fingerprint density at radius 2 is 1.75 bits per heavy atom. The maximum absolute atomic E-state index is 6.20. The second-order valence-electron chi connectivity index (χ2n) is 7.57. The molecule has 0 saturated carbocycles. The van der Waals surface area contributed by atoms with E-state index in [2.05, 4.69) is 59.9 Å². The highest BCUT2D eigenvalue weighted by molar-refractivity contribution is 6.04. The van der Waals surface area contributed by atoms with E-state index in [1.807, 2.05) is 12.1 Å². The second kappa shape index (κ2) is 5.86. The number of nitrogens with one attached hydrogen (secondary N) is 1. The number of ether oxygens (including phenoxy) is 2. The van der Waals surface area contributed by atoms with Crippen molar-refractivity contribution in [1.29, 1.82) is 0 Å². The summed E-state index contributed by atoms with van der Waals surface area (Å²) in [6.45, 7) is 2.04. The molecule has 0 bridgehead atoms. The fourth-order valence-electron chi connectivity index (χ4n) is 4.59. The van der Waals surface area contributed by atoms with E-state index in [4.69, 9.17) is 14.5 Å². The topological polar surface area (TPSA) is 42.9 Å². The van der Waals surface area contributed by atoms with Gasteiger partial charge in [0.2, 0.25) is 0 Å². The molecule has 3 aromatic carbocycles. The molecule has 0 saturated heterocycles. The van der Waals surface area contributed by atoms with Crippen molar-refractivity contribution in [1.82, 2.24) is 5.32 Å². The van der Waals surface area contributed by atoms with Crippen LogP contribution in [0.25, 0.3) is 0 Å². The molecule has 1 spiro atoms. The quantitative estimate of drug-likeness (QED) is 0.739. The van der Waals surface area contributed by atoms with Gasteiger partial charge in [-0.15, -0.1) is 0 Å². The van der Waals surface area contributed by atoms with Crippen LogP contribution < -0.4 is 14.8 Å². The summed E-state index contributed by atoms with van der Waals surface area (Å²) in [5, 5.41) is 3.62. The summed E-state index contributed by atoms with van der Waals surface area (Å²) in [7, 11) is 0. The van der Waals surface area contributed by atoms with E-state index < -0.39 is 0 Å². The molecular formula is C24H20N2O2. The van der Waals surface area contributed by atoms with Crippen LogP contribution >= 0.6 is 0 Å². The van der Waals surface area contributed by atoms with Gasteiger partial charge in [-0.1, -0.05) is 48.5 Å². The minimum atomic E-state index is -0.377. The molecule has 28 heavy (non-hydrogen) atoms. The van der Waals surface area contributed by atoms with Gasteiger partial charge in [0, 0.05) is 24.6 Å². The Morgan fingerprint density at radius 1 is 0.893 bits per heavy atom. The van der Waals surface area contributed by atoms with Crippen molar-refractivity contribution in [3.05, 3.63) is 89.0 Å².